The van der Waals surface area contributed by atoms with Gasteiger partial charge in [0.15, 0.2) is 11.5 Å². The van der Waals surface area contributed by atoms with E-state index in [2.05, 4.69) is 38.4 Å². The number of carbonyl (C=O) groups excluding carboxylic acids is 2. The first kappa shape index (κ1) is 22.3. The van der Waals surface area contributed by atoms with Gasteiger partial charge in [0.05, 0.1) is 27.0 Å². The summed E-state index contributed by atoms with van der Waals surface area (Å²) in [7, 11) is 2.99. The van der Waals surface area contributed by atoms with Gasteiger partial charge in [0.25, 0.3) is 11.8 Å². The highest BCUT2D eigenvalue weighted by atomic mass is 127. The van der Waals surface area contributed by atoms with Crippen molar-refractivity contribution < 1.29 is 23.5 Å². The van der Waals surface area contributed by atoms with E-state index in [1.165, 1.54) is 26.5 Å². The summed E-state index contributed by atoms with van der Waals surface area (Å²) in [6.45, 7) is -0.240. The molecule has 0 saturated heterocycles. The maximum absolute atomic E-state index is 12.2. The van der Waals surface area contributed by atoms with Gasteiger partial charge >= 0.3 is 0 Å². The van der Waals surface area contributed by atoms with Crippen molar-refractivity contribution in [3.05, 3.63) is 69.5 Å². The van der Waals surface area contributed by atoms with E-state index in [4.69, 9.17) is 13.9 Å². The predicted octanol–water partition coefficient (Wildman–Crippen LogP) is 3.45. The molecule has 0 fully saturated rings. The van der Waals surface area contributed by atoms with Crippen LogP contribution in [0, 0.1) is 3.57 Å². The minimum atomic E-state index is -0.477. The second-order valence-corrected chi connectivity index (χ2v) is 7.50. The second kappa shape index (κ2) is 10.6. The van der Waals surface area contributed by atoms with Crippen molar-refractivity contribution in [2.75, 3.05) is 20.8 Å². The zero-order valence-electron chi connectivity index (χ0n) is 16.8. The van der Waals surface area contributed by atoms with Crippen molar-refractivity contribution >= 4 is 40.6 Å². The highest BCUT2D eigenvalue weighted by Gasteiger charge is 2.12. The lowest BCUT2D eigenvalue weighted by Gasteiger charge is -2.09. The average molecular weight is 533 g/mol. The van der Waals surface area contributed by atoms with Crippen molar-refractivity contribution in [3.63, 3.8) is 0 Å². The van der Waals surface area contributed by atoms with Gasteiger partial charge in [0.1, 0.15) is 11.5 Å². The highest BCUT2D eigenvalue weighted by Crippen LogP contribution is 2.27. The quantitative estimate of drug-likeness (QED) is 0.263. The molecular weight excluding hydrogens is 513 g/mol. The molecule has 2 N–H and O–H groups in total. The van der Waals surface area contributed by atoms with Crippen molar-refractivity contribution in [3.8, 4) is 22.8 Å². The van der Waals surface area contributed by atoms with Gasteiger partial charge in [-0.05, 0) is 65.1 Å². The standard InChI is InChI=1S/C22H20IN3O5/c1-29-19-9-5-15(11-20(19)30-2)22(28)24-13-21(27)26-25-12-17-8-10-18(31-17)14-3-6-16(23)7-4-14/h3-12H,13H2,1-2H3,(H,24,28)(H,26,27)/b25-12-. The summed E-state index contributed by atoms with van der Waals surface area (Å²) in [6, 6.07) is 16.2. The largest absolute Gasteiger partial charge is 0.493 e. The van der Waals surface area contributed by atoms with Gasteiger partial charge in [-0.2, -0.15) is 5.10 Å². The first-order chi connectivity index (χ1) is 15.0. The molecule has 0 atom stereocenters. The van der Waals surface area contributed by atoms with Crippen LogP contribution in [-0.4, -0.2) is 38.8 Å². The number of carbonyl (C=O) groups is 2. The third-order valence-corrected chi connectivity index (χ3v) is 4.91. The molecule has 160 valence electrons. The number of hydrogen-bond donors (Lipinski definition) is 2. The Hall–Kier alpha value is -3.34. The third kappa shape index (κ3) is 6.07. The molecule has 9 heteroatoms. The monoisotopic (exact) mass is 533 g/mol. The predicted molar refractivity (Wildman–Crippen MR) is 124 cm³/mol. The summed E-state index contributed by atoms with van der Waals surface area (Å²) in [6.07, 6.45) is 1.39. The van der Waals surface area contributed by atoms with Crippen LogP contribution in [0.4, 0.5) is 0 Å². The number of methoxy groups -OCH3 is 2. The summed E-state index contributed by atoms with van der Waals surface area (Å²) in [5.41, 5.74) is 3.63. The minimum absolute atomic E-state index is 0.240. The van der Waals surface area contributed by atoms with Crippen molar-refractivity contribution in [1.82, 2.24) is 10.7 Å². The first-order valence-corrected chi connectivity index (χ1v) is 10.3. The third-order valence-electron chi connectivity index (χ3n) is 4.19. The van der Waals surface area contributed by atoms with Gasteiger partial charge in [0, 0.05) is 14.7 Å². The molecule has 0 bridgehead atoms. The SMILES string of the molecule is COc1ccc(C(=O)NCC(=O)N/N=C\c2ccc(-c3ccc(I)cc3)o2)cc1OC. The van der Waals surface area contributed by atoms with E-state index < -0.39 is 11.8 Å². The molecule has 0 aliphatic carbocycles. The number of hydrazone groups is 1. The maximum Gasteiger partial charge on any atom is 0.259 e. The van der Waals surface area contributed by atoms with Crippen molar-refractivity contribution in [1.29, 1.82) is 0 Å². The summed E-state index contributed by atoms with van der Waals surface area (Å²) in [5, 5.41) is 6.38. The second-order valence-electron chi connectivity index (χ2n) is 6.25. The van der Waals surface area contributed by atoms with Crippen LogP contribution < -0.4 is 20.2 Å². The van der Waals surface area contributed by atoms with E-state index in [0.717, 1.165) is 9.13 Å². The van der Waals surface area contributed by atoms with Crippen LogP contribution in [-0.2, 0) is 4.79 Å². The van der Waals surface area contributed by atoms with Crippen LogP contribution in [0.3, 0.4) is 0 Å². The molecule has 1 heterocycles. The molecule has 1 aromatic heterocycles. The lowest BCUT2D eigenvalue weighted by molar-refractivity contribution is -0.120. The Labute approximate surface area is 192 Å². The number of halogens is 1. The molecule has 31 heavy (non-hydrogen) atoms. The fraction of sp³-hybridized carbons (Fsp3) is 0.136. The molecule has 2 aromatic carbocycles. The fourth-order valence-corrected chi connectivity index (χ4v) is 3.00. The molecular formula is C22H20IN3O5. The van der Waals surface area contributed by atoms with E-state index in [9.17, 15) is 9.59 Å². The molecule has 0 unspecified atom stereocenters. The zero-order valence-corrected chi connectivity index (χ0v) is 19.0. The van der Waals surface area contributed by atoms with Crippen LogP contribution in [0.25, 0.3) is 11.3 Å². The molecule has 3 aromatic rings. The number of rotatable bonds is 8. The number of hydrogen-bond acceptors (Lipinski definition) is 6. The van der Waals surface area contributed by atoms with Gasteiger partial charge in [-0.25, -0.2) is 5.43 Å². The molecule has 0 spiro atoms. The number of furan rings is 1. The van der Waals surface area contributed by atoms with Gasteiger partial charge in [-0.1, -0.05) is 12.1 Å². The Morgan fingerprint density at radius 1 is 1.03 bits per heavy atom. The molecule has 0 radical (unpaired) electrons. The van der Waals surface area contributed by atoms with Crippen LogP contribution in [0.15, 0.2) is 64.1 Å². The van der Waals surface area contributed by atoms with Gasteiger partial charge in [-0.15, -0.1) is 0 Å². The van der Waals surface area contributed by atoms with Crippen LogP contribution in [0.1, 0.15) is 16.1 Å². The molecule has 0 saturated carbocycles. The highest BCUT2D eigenvalue weighted by molar-refractivity contribution is 14.1. The summed E-state index contributed by atoms with van der Waals surface area (Å²) >= 11 is 2.24. The van der Waals surface area contributed by atoms with Crippen LogP contribution in [0.2, 0.25) is 0 Å². The minimum Gasteiger partial charge on any atom is -0.493 e. The number of amides is 2. The van der Waals surface area contributed by atoms with Crippen LogP contribution >= 0.6 is 22.6 Å². The molecule has 3 rings (SSSR count). The van der Waals surface area contributed by atoms with Crippen molar-refractivity contribution in [2.45, 2.75) is 0 Å². The Bertz CT molecular complexity index is 1090. The maximum atomic E-state index is 12.2. The number of nitrogens with zero attached hydrogens (tertiary/aromatic N) is 1. The Morgan fingerprint density at radius 2 is 1.77 bits per heavy atom. The molecule has 0 aliphatic rings. The van der Waals surface area contributed by atoms with Crippen LogP contribution in [0.5, 0.6) is 11.5 Å². The number of benzene rings is 2. The summed E-state index contributed by atoms with van der Waals surface area (Å²) in [4.78, 5) is 24.2. The van der Waals surface area contributed by atoms with Gasteiger partial charge in [-0.3, -0.25) is 9.59 Å². The Kier molecular flexibility index (Phi) is 7.65. The normalized spacial score (nSPS) is 10.7. The van der Waals surface area contributed by atoms with Gasteiger partial charge < -0.3 is 19.2 Å². The molecule has 8 nitrogen and oxygen atoms in total. The first-order valence-electron chi connectivity index (χ1n) is 9.18. The topological polar surface area (TPSA) is 102 Å². The average Bonchev–Trinajstić information content (AvgIpc) is 3.26. The smallest absolute Gasteiger partial charge is 0.259 e. The van der Waals surface area contributed by atoms with E-state index in [1.54, 1.807) is 18.2 Å². The Morgan fingerprint density at radius 3 is 2.48 bits per heavy atom. The summed E-state index contributed by atoms with van der Waals surface area (Å²) in [5.74, 6) is 1.22. The lowest BCUT2D eigenvalue weighted by atomic mass is 10.2. The zero-order chi connectivity index (χ0) is 22.2. The number of nitrogens with one attached hydrogen (secondary N) is 2. The summed E-state index contributed by atoms with van der Waals surface area (Å²) < 4.78 is 17.1. The van der Waals surface area contributed by atoms with E-state index in [-0.39, 0.29) is 6.54 Å². The number of ether oxygens (including phenoxy) is 2. The van der Waals surface area contributed by atoms with E-state index in [1.807, 2.05) is 30.3 Å². The van der Waals surface area contributed by atoms with E-state index in [0.29, 0.717) is 28.6 Å². The van der Waals surface area contributed by atoms with Crippen molar-refractivity contribution in [2.24, 2.45) is 5.10 Å². The fourth-order valence-electron chi connectivity index (χ4n) is 2.64. The lowest BCUT2D eigenvalue weighted by Crippen LogP contribution is -2.34. The van der Waals surface area contributed by atoms with E-state index >= 15 is 0 Å². The Balaban J connectivity index is 1.49. The molecule has 2 amide bonds. The van der Waals surface area contributed by atoms with Gasteiger partial charge in [0.2, 0.25) is 0 Å². The molecule has 0 aliphatic heterocycles.